The van der Waals surface area contributed by atoms with E-state index in [0.29, 0.717) is 0 Å². The van der Waals surface area contributed by atoms with Crippen LogP contribution in [0.4, 0.5) is 0 Å². The lowest BCUT2D eigenvalue weighted by atomic mass is 10.7. The Labute approximate surface area is 79.6 Å². The fraction of sp³-hybridized carbons (Fsp3) is 0.400. The molecule has 0 saturated carbocycles. The van der Waals surface area contributed by atoms with Gasteiger partial charge in [0.2, 0.25) is 0 Å². The first kappa shape index (κ1) is 14.5. The van der Waals surface area contributed by atoms with Gasteiger partial charge in [0.05, 0.1) is 6.54 Å². The lowest BCUT2D eigenvalue weighted by Crippen LogP contribution is -2.42. The van der Waals surface area contributed by atoms with E-state index < -0.39 is 11.9 Å². The summed E-state index contributed by atoms with van der Waals surface area (Å²) in [5.74, 6) is 2.73. The summed E-state index contributed by atoms with van der Waals surface area (Å²) in [5.41, 5.74) is 14.4. The van der Waals surface area contributed by atoms with Crippen molar-refractivity contribution < 1.29 is 24.5 Å². The number of nitrogens with two attached hydrogens (primary N) is 4. The molecule has 0 spiro atoms. The molecule has 0 amide bonds. The Morgan fingerprint density at radius 3 is 1.57 bits per heavy atom. The highest BCUT2D eigenvalue weighted by Crippen LogP contribution is 1.61. The molecule has 0 rings (SSSR count). The van der Waals surface area contributed by atoms with Crippen molar-refractivity contribution in [3.05, 3.63) is 0 Å². The van der Waals surface area contributed by atoms with E-state index in [-0.39, 0.29) is 19.0 Å². The maximum absolute atomic E-state index is 9.87. The lowest BCUT2D eigenvalue weighted by Gasteiger charge is -1.95. The number of hydrazine groups is 1. The summed E-state index contributed by atoms with van der Waals surface area (Å²) in [6, 6.07) is 0. The molecule has 0 aliphatic carbocycles. The number of aliphatic carboxylic acids is 2. The van der Waals surface area contributed by atoms with Crippen molar-refractivity contribution in [2.45, 2.75) is 0 Å². The number of carboxylic acids is 2. The van der Waals surface area contributed by atoms with Crippen molar-refractivity contribution in [2.24, 2.45) is 23.0 Å². The molecule has 14 heavy (non-hydrogen) atoms. The summed E-state index contributed by atoms with van der Waals surface area (Å²) in [6.45, 7) is -0.664. The number of rotatable bonds is 3. The molecule has 0 aromatic carbocycles. The van der Waals surface area contributed by atoms with Crippen LogP contribution in [-0.4, -0.2) is 45.9 Å². The molecule has 9 heteroatoms. The molecule has 0 aliphatic heterocycles. The van der Waals surface area contributed by atoms with E-state index in [0.717, 1.165) is 4.68 Å². The minimum atomic E-state index is -1.08. The van der Waals surface area contributed by atoms with Gasteiger partial charge in [0.15, 0.2) is 6.54 Å². The van der Waals surface area contributed by atoms with Crippen molar-refractivity contribution in [3.63, 3.8) is 0 Å². The molecular formula is C5H14N5O4+. The zero-order chi connectivity index (χ0) is 11.7. The molecule has 0 atom stereocenters. The summed E-state index contributed by atoms with van der Waals surface area (Å²) in [7, 11) is 0. The number of hydrogen-bond acceptors (Lipinski definition) is 4. The Morgan fingerprint density at radius 2 is 1.50 bits per heavy atom. The van der Waals surface area contributed by atoms with Gasteiger partial charge in [-0.2, -0.15) is 4.68 Å². The second-order valence-electron chi connectivity index (χ2n) is 2.04. The van der Waals surface area contributed by atoms with Crippen molar-refractivity contribution in [2.75, 3.05) is 13.1 Å². The van der Waals surface area contributed by atoms with Gasteiger partial charge >= 0.3 is 17.9 Å². The third-order valence-electron chi connectivity index (χ3n) is 0.812. The summed E-state index contributed by atoms with van der Waals surface area (Å²) in [5, 5.41) is 15.7. The van der Waals surface area contributed by atoms with Crippen LogP contribution in [0, 0.1) is 0 Å². The fourth-order valence-electron chi connectivity index (χ4n) is 0.237. The largest absolute Gasteiger partial charge is 0.480 e. The van der Waals surface area contributed by atoms with Gasteiger partial charge in [-0.25, -0.2) is 4.79 Å². The molecule has 0 aromatic heterocycles. The van der Waals surface area contributed by atoms with Gasteiger partial charge in [-0.3, -0.25) is 22.1 Å². The van der Waals surface area contributed by atoms with Crippen molar-refractivity contribution in [1.29, 1.82) is 0 Å². The van der Waals surface area contributed by atoms with Gasteiger partial charge in [-0.15, -0.1) is 0 Å². The first-order valence-corrected chi connectivity index (χ1v) is 3.35. The van der Waals surface area contributed by atoms with E-state index in [4.69, 9.17) is 27.5 Å². The van der Waals surface area contributed by atoms with Gasteiger partial charge in [0.1, 0.15) is 0 Å². The number of carboxylic acid groups (broad SMARTS) is 2. The molecule has 0 radical (unpaired) electrons. The zero-order valence-electron chi connectivity index (χ0n) is 7.38. The molecule has 0 bridgehead atoms. The summed E-state index contributed by atoms with van der Waals surface area (Å²) in [4.78, 5) is 19.1. The SMILES string of the molecule is NC(N)=[N+](N)CC(=O)O.NCC(=O)O. The third-order valence-corrected chi connectivity index (χ3v) is 0.812. The van der Waals surface area contributed by atoms with Crippen molar-refractivity contribution in [3.8, 4) is 0 Å². The predicted molar refractivity (Wildman–Crippen MR) is 47.0 cm³/mol. The molecular weight excluding hydrogens is 194 g/mol. The van der Waals surface area contributed by atoms with E-state index in [9.17, 15) is 9.59 Å². The highest BCUT2D eigenvalue weighted by Gasteiger charge is 2.03. The second kappa shape index (κ2) is 7.61. The average Bonchev–Trinajstić information content (AvgIpc) is 2.04. The Hall–Kier alpha value is -2.03. The minimum absolute atomic E-state index is 0.211. The number of guanidine groups is 1. The van der Waals surface area contributed by atoms with Crippen LogP contribution in [0.3, 0.4) is 0 Å². The van der Waals surface area contributed by atoms with Crippen LogP contribution in [0.15, 0.2) is 0 Å². The van der Waals surface area contributed by atoms with Gasteiger partial charge in [-0.1, -0.05) is 0 Å². The standard InChI is InChI=1S/C3H8N4O2.C2H5NO2/c4-3(5)7(6)1-2(8)9;3-1-2(4)5/h1,6H2,(H4,4,5,8,9);1,3H2,(H,4,5)/p+1. The van der Waals surface area contributed by atoms with Gasteiger partial charge < -0.3 is 15.9 Å². The average molecular weight is 208 g/mol. The molecule has 0 saturated heterocycles. The van der Waals surface area contributed by atoms with E-state index in [1.54, 1.807) is 0 Å². The summed E-state index contributed by atoms with van der Waals surface area (Å²) >= 11 is 0. The number of hydrazone groups is 1. The van der Waals surface area contributed by atoms with E-state index in [2.05, 4.69) is 5.73 Å². The highest BCUT2D eigenvalue weighted by atomic mass is 16.4. The molecule has 0 aliphatic rings. The Bertz CT molecular complexity index is 234. The first-order chi connectivity index (χ1) is 6.31. The number of carbonyl (C=O) groups is 2. The maximum Gasteiger partial charge on any atom is 0.363 e. The number of hydrogen-bond donors (Lipinski definition) is 6. The zero-order valence-corrected chi connectivity index (χ0v) is 7.38. The smallest absolute Gasteiger partial charge is 0.363 e. The van der Waals surface area contributed by atoms with Crippen LogP contribution in [0.1, 0.15) is 0 Å². The van der Waals surface area contributed by atoms with Crippen LogP contribution in [0.2, 0.25) is 0 Å². The first-order valence-electron chi connectivity index (χ1n) is 3.35. The normalized spacial score (nSPS) is 8.07. The van der Waals surface area contributed by atoms with Crippen LogP contribution < -0.4 is 23.0 Å². The van der Waals surface area contributed by atoms with Crippen LogP contribution >= 0.6 is 0 Å². The Kier molecular flexibility index (Phi) is 7.88. The number of nitrogens with zero attached hydrogens (tertiary/aromatic N) is 1. The van der Waals surface area contributed by atoms with Gasteiger partial charge in [0, 0.05) is 0 Å². The summed E-state index contributed by atoms with van der Waals surface area (Å²) in [6.07, 6.45) is 0. The van der Waals surface area contributed by atoms with Crippen LogP contribution in [0.5, 0.6) is 0 Å². The second-order valence-corrected chi connectivity index (χ2v) is 2.04. The molecule has 0 unspecified atom stereocenters. The monoisotopic (exact) mass is 208 g/mol. The molecule has 9 nitrogen and oxygen atoms in total. The minimum Gasteiger partial charge on any atom is -0.480 e. The van der Waals surface area contributed by atoms with Crippen LogP contribution in [-0.2, 0) is 9.59 Å². The van der Waals surface area contributed by atoms with Crippen molar-refractivity contribution >= 4 is 17.9 Å². The lowest BCUT2D eigenvalue weighted by molar-refractivity contribution is -0.531. The molecule has 0 aromatic rings. The maximum atomic E-state index is 9.87. The molecule has 10 N–H and O–H groups in total. The van der Waals surface area contributed by atoms with Gasteiger partial charge in [0.25, 0.3) is 0 Å². The molecule has 0 fully saturated rings. The summed E-state index contributed by atoms with van der Waals surface area (Å²) < 4.78 is 0.738. The molecule has 0 heterocycles. The Balaban J connectivity index is 0. The third kappa shape index (κ3) is 12.6. The Morgan fingerprint density at radius 1 is 1.14 bits per heavy atom. The topological polar surface area (TPSA) is 182 Å². The van der Waals surface area contributed by atoms with E-state index >= 15 is 0 Å². The van der Waals surface area contributed by atoms with E-state index in [1.807, 2.05) is 0 Å². The quantitative estimate of drug-likeness (QED) is 0.0898. The highest BCUT2D eigenvalue weighted by molar-refractivity contribution is 5.73. The fourth-order valence-corrected chi connectivity index (χ4v) is 0.237. The van der Waals surface area contributed by atoms with E-state index in [1.165, 1.54) is 0 Å². The van der Waals surface area contributed by atoms with Gasteiger partial charge in [-0.05, 0) is 0 Å². The predicted octanol–water partition coefficient (Wildman–Crippen LogP) is -3.74. The molecule has 82 valence electrons. The van der Waals surface area contributed by atoms with Crippen LogP contribution in [0.25, 0.3) is 0 Å². The van der Waals surface area contributed by atoms with Crippen molar-refractivity contribution in [1.82, 2.24) is 0 Å².